The number of nitrogen functional groups attached to an aromatic ring is 1. The molecule has 1 aromatic carbocycles. The lowest BCUT2D eigenvalue weighted by Crippen LogP contribution is -2.30. The number of hydrogen-bond acceptors (Lipinski definition) is 3. The molecule has 0 atom stereocenters. The molecule has 0 unspecified atom stereocenters. The fourth-order valence-corrected chi connectivity index (χ4v) is 2.13. The van der Waals surface area contributed by atoms with Crippen molar-refractivity contribution in [2.45, 2.75) is 31.8 Å². The van der Waals surface area contributed by atoms with Gasteiger partial charge in [0.2, 0.25) is 5.91 Å². The van der Waals surface area contributed by atoms with Crippen LogP contribution in [0.1, 0.15) is 24.8 Å². The van der Waals surface area contributed by atoms with Crippen LogP contribution in [-0.2, 0) is 11.3 Å². The monoisotopic (exact) mass is 247 g/mol. The predicted octanol–water partition coefficient (Wildman–Crippen LogP) is 1.37. The first kappa shape index (κ1) is 12.9. The number of nitrogens with two attached hydrogens (primary N) is 1. The molecule has 0 saturated heterocycles. The van der Waals surface area contributed by atoms with E-state index in [1.807, 2.05) is 18.2 Å². The Labute approximate surface area is 108 Å². The van der Waals surface area contributed by atoms with Crippen LogP contribution in [0.5, 0.6) is 0 Å². The van der Waals surface area contributed by atoms with Gasteiger partial charge in [-0.2, -0.15) is 0 Å². The van der Waals surface area contributed by atoms with Crippen molar-refractivity contribution in [3.8, 4) is 0 Å². The summed E-state index contributed by atoms with van der Waals surface area (Å²) in [6.45, 7) is 1.70. The van der Waals surface area contributed by atoms with Gasteiger partial charge in [-0.15, -0.1) is 0 Å². The van der Waals surface area contributed by atoms with Crippen LogP contribution in [-0.4, -0.2) is 30.4 Å². The molecule has 4 heteroatoms. The van der Waals surface area contributed by atoms with E-state index in [1.54, 1.807) is 7.05 Å². The molecule has 3 N–H and O–H groups in total. The zero-order chi connectivity index (χ0) is 13.0. The lowest BCUT2D eigenvalue weighted by molar-refractivity contribution is -0.121. The van der Waals surface area contributed by atoms with E-state index >= 15 is 0 Å². The molecule has 2 rings (SSSR count). The summed E-state index contributed by atoms with van der Waals surface area (Å²) in [6.07, 6.45) is 3.06. The molecule has 0 aromatic heterocycles. The van der Waals surface area contributed by atoms with Crippen LogP contribution in [0.15, 0.2) is 24.3 Å². The second-order valence-corrected chi connectivity index (χ2v) is 4.87. The van der Waals surface area contributed by atoms with Crippen LogP contribution in [0.4, 0.5) is 5.69 Å². The molecule has 0 radical (unpaired) electrons. The number of benzene rings is 1. The molecule has 0 spiro atoms. The number of rotatable bonds is 6. The average Bonchev–Trinajstić information content (AvgIpc) is 3.18. The lowest BCUT2D eigenvalue weighted by atomic mass is 10.2. The summed E-state index contributed by atoms with van der Waals surface area (Å²) >= 11 is 0. The number of carbonyl (C=O) groups is 1. The smallest absolute Gasteiger partial charge is 0.221 e. The summed E-state index contributed by atoms with van der Waals surface area (Å²) in [5, 5.41) is 2.67. The van der Waals surface area contributed by atoms with E-state index in [1.165, 1.54) is 18.4 Å². The Bertz CT molecular complexity index is 415. The van der Waals surface area contributed by atoms with Gasteiger partial charge in [0.05, 0.1) is 0 Å². The number of carbonyl (C=O) groups excluding carboxylic acids is 1. The Morgan fingerprint density at radius 3 is 2.89 bits per heavy atom. The molecule has 0 aliphatic heterocycles. The van der Waals surface area contributed by atoms with Gasteiger partial charge in [0.1, 0.15) is 0 Å². The van der Waals surface area contributed by atoms with Gasteiger partial charge < -0.3 is 11.1 Å². The van der Waals surface area contributed by atoms with Crippen molar-refractivity contribution < 1.29 is 4.79 Å². The van der Waals surface area contributed by atoms with Crippen molar-refractivity contribution in [3.05, 3.63) is 29.8 Å². The molecular weight excluding hydrogens is 226 g/mol. The first-order chi connectivity index (χ1) is 8.69. The normalized spacial score (nSPS) is 14.8. The molecule has 98 valence electrons. The van der Waals surface area contributed by atoms with Gasteiger partial charge >= 0.3 is 0 Å². The van der Waals surface area contributed by atoms with Gasteiger partial charge in [0, 0.05) is 38.3 Å². The van der Waals surface area contributed by atoms with E-state index in [4.69, 9.17) is 5.73 Å². The molecule has 18 heavy (non-hydrogen) atoms. The van der Waals surface area contributed by atoms with Gasteiger partial charge in [-0.25, -0.2) is 0 Å². The molecule has 1 fully saturated rings. The van der Waals surface area contributed by atoms with Crippen LogP contribution in [0.25, 0.3) is 0 Å². The van der Waals surface area contributed by atoms with Crippen molar-refractivity contribution in [1.82, 2.24) is 10.2 Å². The van der Waals surface area contributed by atoms with Gasteiger partial charge in [0.15, 0.2) is 0 Å². The van der Waals surface area contributed by atoms with Crippen molar-refractivity contribution in [1.29, 1.82) is 0 Å². The summed E-state index contributed by atoms with van der Waals surface area (Å²) in [7, 11) is 1.68. The fourth-order valence-electron chi connectivity index (χ4n) is 2.13. The zero-order valence-electron chi connectivity index (χ0n) is 10.9. The second-order valence-electron chi connectivity index (χ2n) is 4.87. The number of nitrogens with one attached hydrogen (secondary N) is 1. The topological polar surface area (TPSA) is 58.4 Å². The van der Waals surface area contributed by atoms with Gasteiger partial charge in [-0.3, -0.25) is 9.69 Å². The minimum absolute atomic E-state index is 0.105. The van der Waals surface area contributed by atoms with Crippen LogP contribution in [0.3, 0.4) is 0 Å². The minimum atomic E-state index is 0.105. The van der Waals surface area contributed by atoms with Crippen LogP contribution in [0, 0.1) is 0 Å². The molecule has 1 saturated carbocycles. The Balaban J connectivity index is 1.92. The van der Waals surface area contributed by atoms with Gasteiger partial charge in [-0.05, 0) is 30.5 Å². The molecule has 0 bridgehead atoms. The van der Waals surface area contributed by atoms with Crippen molar-refractivity contribution in [2.24, 2.45) is 0 Å². The van der Waals surface area contributed by atoms with Crippen molar-refractivity contribution >= 4 is 11.6 Å². The van der Waals surface area contributed by atoms with Crippen molar-refractivity contribution in [2.75, 3.05) is 19.3 Å². The lowest BCUT2D eigenvalue weighted by Gasteiger charge is -2.21. The summed E-state index contributed by atoms with van der Waals surface area (Å²) in [6, 6.07) is 8.63. The zero-order valence-corrected chi connectivity index (χ0v) is 10.9. The third kappa shape index (κ3) is 3.74. The highest BCUT2D eigenvalue weighted by Crippen LogP contribution is 2.28. The quantitative estimate of drug-likeness (QED) is 0.746. The fraction of sp³-hybridized carbons (Fsp3) is 0.500. The summed E-state index contributed by atoms with van der Waals surface area (Å²) < 4.78 is 0. The second kappa shape index (κ2) is 5.87. The molecule has 1 amide bonds. The Kier molecular flexibility index (Phi) is 4.20. The van der Waals surface area contributed by atoms with E-state index in [2.05, 4.69) is 16.3 Å². The van der Waals surface area contributed by atoms with E-state index in [-0.39, 0.29) is 5.91 Å². The molecule has 4 nitrogen and oxygen atoms in total. The van der Waals surface area contributed by atoms with Crippen LogP contribution >= 0.6 is 0 Å². The van der Waals surface area contributed by atoms with E-state index < -0.39 is 0 Å². The third-order valence-electron chi connectivity index (χ3n) is 3.30. The Hall–Kier alpha value is -1.55. The minimum Gasteiger partial charge on any atom is -0.399 e. The standard InChI is InChI=1S/C14H21N3O/c1-16-14(18)7-8-17(13-5-6-13)10-11-3-2-4-12(15)9-11/h2-4,9,13H,5-8,10,15H2,1H3,(H,16,18). The Morgan fingerprint density at radius 1 is 1.50 bits per heavy atom. The van der Waals surface area contributed by atoms with Crippen molar-refractivity contribution in [3.63, 3.8) is 0 Å². The first-order valence-electron chi connectivity index (χ1n) is 6.48. The van der Waals surface area contributed by atoms with Gasteiger partial charge in [0.25, 0.3) is 0 Å². The maximum Gasteiger partial charge on any atom is 0.221 e. The van der Waals surface area contributed by atoms with Gasteiger partial charge in [-0.1, -0.05) is 12.1 Å². The largest absolute Gasteiger partial charge is 0.399 e. The maximum atomic E-state index is 11.3. The van der Waals surface area contributed by atoms with Crippen LogP contribution < -0.4 is 11.1 Å². The maximum absolute atomic E-state index is 11.3. The third-order valence-corrected chi connectivity index (χ3v) is 3.30. The SMILES string of the molecule is CNC(=O)CCN(Cc1cccc(N)c1)C1CC1. The predicted molar refractivity (Wildman–Crippen MR) is 73.0 cm³/mol. The molecular formula is C14H21N3O. The molecule has 1 aliphatic carbocycles. The summed E-state index contributed by atoms with van der Waals surface area (Å²) in [5.41, 5.74) is 7.81. The van der Waals surface area contributed by atoms with E-state index in [0.29, 0.717) is 12.5 Å². The number of hydrogen-bond donors (Lipinski definition) is 2. The molecule has 0 heterocycles. The highest BCUT2D eigenvalue weighted by molar-refractivity contribution is 5.75. The van der Waals surface area contributed by atoms with E-state index in [9.17, 15) is 4.79 Å². The first-order valence-corrected chi connectivity index (χ1v) is 6.48. The highest BCUT2D eigenvalue weighted by Gasteiger charge is 2.28. The number of nitrogens with zero attached hydrogens (tertiary/aromatic N) is 1. The summed E-state index contributed by atoms with van der Waals surface area (Å²) in [4.78, 5) is 13.7. The average molecular weight is 247 g/mol. The molecule has 1 aliphatic rings. The summed E-state index contributed by atoms with van der Waals surface area (Å²) in [5.74, 6) is 0.105. The number of anilines is 1. The highest BCUT2D eigenvalue weighted by atomic mass is 16.1. The number of amides is 1. The van der Waals surface area contributed by atoms with Crippen LogP contribution in [0.2, 0.25) is 0 Å². The Morgan fingerprint density at radius 2 is 2.28 bits per heavy atom. The molecule has 1 aromatic rings. The van der Waals surface area contributed by atoms with E-state index in [0.717, 1.165) is 18.8 Å².